The molecule has 4 rings (SSSR count). The van der Waals surface area contributed by atoms with Crippen molar-refractivity contribution in [2.75, 3.05) is 20.6 Å². The summed E-state index contributed by atoms with van der Waals surface area (Å²) in [6, 6.07) is 12.4. The number of benzene rings is 2. The topological polar surface area (TPSA) is 31.2 Å². The van der Waals surface area contributed by atoms with Crippen molar-refractivity contribution < 1.29 is 4.39 Å². The average molecular weight is 369 g/mol. The summed E-state index contributed by atoms with van der Waals surface area (Å²) in [5, 5.41) is 4.62. The van der Waals surface area contributed by atoms with Gasteiger partial charge < -0.3 is 0 Å². The summed E-state index contributed by atoms with van der Waals surface area (Å²) in [5.74, 6) is -0.295. The van der Waals surface area contributed by atoms with Crippen LogP contribution in [-0.2, 0) is 0 Å². The molecular formula is C20H18ClFN4. The van der Waals surface area contributed by atoms with Gasteiger partial charge in [0, 0.05) is 36.4 Å². The molecule has 0 radical (unpaired) electrons. The molecule has 1 unspecified atom stereocenters. The molecule has 2 aliphatic rings. The molecule has 0 N–H and O–H groups in total. The van der Waals surface area contributed by atoms with E-state index in [4.69, 9.17) is 16.6 Å². The molecule has 2 aromatic rings. The van der Waals surface area contributed by atoms with Crippen molar-refractivity contribution >= 4 is 23.7 Å². The van der Waals surface area contributed by atoms with E-state index in [-0.39, 0.29) is 11.9 Å². The lowest BCUT2D eigenvalue weighted by molar-refractivity contribution is 0.0807. The van der Waals surface area contributed by atoms with Gasteiger partial charge in [0.25, 0.3) is 0 Å². The quantitative estimate of drug-likeness (QED) is 0.800. The van der Waals surface area contributed by atoms with E-state index < -0.39 is 0 Å². The van der Waals surface area contributed by atoms with Gasteiger partial charge in [-0.25, -0.2) is 14.4 Å². The van der Waals surface area contributed by atoms with Crippen LogP contribution in [-0.4, -0.2) is 42.7 Å². The number of aliphatic imine (C=N–C) groups is 2. The molecule has 0 aromatic heterocycles. The fraction of sp³-hybridized carbons (Fsp3) is 0.200. The summed E-state index contributed by atoms with van der Waals surface area (Å²) in [5.41, 5.74) is 4.02. The second-order valence-electron chi connectivity index (χ2n) is 6.47. The third-order valence-electron chi connectivity index (χ3n) is 4.62. The molecule has 0 spiro atoms. The number of halogens is 2. The zero-order chi connectivity index (χ0) is 18.3. The van der Waals surface area contributed by atoms with Gasteiger partial charge in [-0.05, 0) is 35.4 Å². The zero-order valence-electron chi connectivity index (χ0n) is 14.5. The summed E-state index contributed by atoms with van der Waals surface area (Å²) in [6.07, 6.45) is 3.64. The van der Waals surface area contributed by atoms with E-state index >= 15 is 0 Å². The van der Waals surface area contributed by atoms with E-state index in [1.54, 1.807) is 18.5 Å². The van der Waals surface area contributed by atoms with Crippen molar-refractivity contribution in [3.05, 3.63) is 81.8 Å². The van der Waals surface area contributed by atoms with Crippen molar-refractivity contribution in [2.45, 2.75) is 6.04 Å². The van der Waals surface area contributed by atoms with Crippen molar-refractivity contribution in [2.24, 2.45) is 9.98 Å². The van der Waals surface area contributed by atoms with E-state index in [0.717, 1.165) is 16.7 Å². The normalized spacial score (nSPS) is 18.8. The number of fused-ring (bicyclic) bond motifs is 3. The van der Waals surface area contributed by atoms with Gasteiger partial charge in [-0.1, -0.05) is 29.8 Å². The van der Waals surface area contributed by atoms with Crippen LogP contribution in [0.25, 0.3) is 0 Å². The predicted octanol–water partition coefficient (Wildman–Crippen LogP) is 4.08. The smallest absolute Gasteiger partial charge is 0.132 e. The van der Waals surface area contributed by atoms with Gasteiger partial charge in [-0.2, -0.15) is 0 Å². The Morgan fingerprint density at radius 2 is 1.96 bits per heavy atom. The minimum atomic E-state index is -0.295. The highest BCUT2D eigenvalue weighted by Crippen LogP contribution is 2.37. The Kier molecular flexibility index (Phi) is 4.34. The molecule has 2 aromatic carbocycles. The van der Waals surface area contributed by atoms with E-state index in [1.807, 2.05) is 54.6 Å². The fourth-order valence-electron chi connectivity index (χ4n) is 3.42. The molecule has 0 fully saturated rings. The van der Waals surface area contributed by atoms with E-state index in [1.165, 1.54) is 6.07 Å². The van der Waals surface area contributed by atoms with Gasteiger partial charge in [0.15, 0.2) is 0 Å². The van der Waals surface area contributed by atoms with Crippen LogP contribution >= 0.6 is 11.6 Å². The van der Waals surface area contributed by atoms with Crippen LogP contribution in [0.4, 0.5) is 4.39 Å². The molecule has 2 aliphatic heterocycles. The third-order valence-corrected chi connectivity index (χ3v) is 4.85. The van der Waals surface area contributed by atoms with Gasteiger partial charge in [-0.3, -0.25) is 10.0 Å². The fourth-order valence-corrected chi connectivity index (χ4v) is 3.59. The number of rotatable bonds is 2. The van der Waals surface area contributed by atoms with Crippen molar-refractivity contribution in [3.8, 4) is 0 Å². The first-order chi connectivity index (χ1) is 12.6. The van der Waals surface area contributed by atoms with Crippen LogP contribution < -0.4 is 0 Å². The van der Waals surface area contributed by atoms with Gasteiger partial charge >= 0.3 is 0 Å². The first kappa shape index (κ1) is 16.9. The van der Waals surface area contributed by atoms with Crippen LogP contribution in [0, 0.1) is 5.82 Å². The van der Waals surface area contributed by atoms with Crippen LogP contribution in [0.1, 0.15) is 22.7 Å². The lowest BCUT2D eigenvalue weighted by Crippen LogP contribution is -2.41. The summed E-state index contributed by atoms with van der Waals surface area (Å²) in [6.45, 7) is 0.447. The Morgan fingerprint density at radius 1 is 1.15 bits per heavy atom. The third kappa shape index (κ3) is 2.83. The molecule has 132 valence electrons. The molecule has 2 heterocycles. The molecular weight excluding hydrogens is 351 g/mol. The maximum absolute atomic E-state index is 14.5. The van der Waals surface area contributed by atoms with E-state index in [9.17, 15) is 4.39 Å². The number of nitrogens with zero attached hydrogens (tertiary/aromatic N) is 4. The number of hydrazine groups is 1. The average Bonchev–Trinajstić information content (AvgIpc) is 2.78. The lowest BCUT2D eigenvalue weighted by atomic mass is 9.91. The number of hydrogen-bond acceptors (Lipinski definition) is 4. The number of hydrogen-bond donors (Lipinski definition) is 0. The van der Waals surface area contributed by atoms with E-state index in [0.29, 0.717) is 22.8 Å². The first-order valence-corrected chi connectivity index (χ1v) is 8.71. The van der Waals surface area contributed by atoms with Gasteiger partial charge in [0.1, 0.15) is 12.2 Å². The van der Waals surface area contributed by atoms with Gasteiger partial charge in [0.2, 0.25) is 0 Å². The van der Waals surface area contributed by atoms with Crippen LogP contribution in [0.3, 0.4) is 0 Å². The Morgan fingerprint density at radius 3 is 2.73 bits per heavy atom. The van der Waals surface area contributed by atoms with Crippen molar-refractivity contribution in [3.63, 3.8) is 0 Å². The highest BCUT2D eigenvalue weighted by molar-refractivity contribution is 6.31. The Labute approximate surface area is 156 Å². The van der Waals surface area contributed by atoms with Crippen LogP contribution in [0.2, 0.25) is 5.02 Å². The highest BCUT2D eigenvalue weighted by atomic mass is 35.5. The highest BCUT2D eigenvalue weighted by Gasteiger charge is 2.32. The Bertz CT molecular complexity index is 949. The molecule has 0 aliphatic carbocycles. The standard InChI is InChI=1S/C20H18ClFN4/c1-25(2)26-12-23-10-13-11-24-19(16-5-3-4-6-18(16)22)17-9-14(21)7-8-15(17)20(13)26/h3-10,12,20H,11H2,1-2H3. The minimum Gasteiger partial charge on any atom is -0.284 e. The van der Waals surface area contributed by atoms with Crippen molar-refractivity contribution in [1.82, 2.24) is 10.0 Å². The molecule has 0 saturated carbocycles. The molecule has 0 bridgehead atoms. The summed E-state index contributed by atoms with van der Waals surface area (Å²) < 4.78 is 14.5. The molecule has 1 atom stereocenters. The Hall–Kier alpha value is -2.50. The van der Waals surface area contributed by atoms with Gasteiger partial charge in [0.05, 0.1) is 18.3 Å². The van der Waals surface area contributed by atoms with Gasteiger partial charge in [-0.15, -0.1) is 0 Å². The van der Waals surface area contributed by atoms with E-state index in [2.05, 4.69) is 4.99 Å². The molecule has 0 saturated heterocycles. The maximum atomic E-state index is 14.5. The summed E-state index contributed by atoms with van der Waals surface area (Å²) in [7, 11) is 3.93. The predicted molar refractivity (Wildman–Crippen MR) is 103 cm³/mol. The second kappa shape index (κ2) is 6.67. The monoisotopic (exact) mass is 368 g/mol. The summed E-state index contributed by atoms with van der Waals surface area (Å²) >= 11 is 6.28. The molecule has 0 amide bonds. The largest absolute Gasteiger partial charge is 0.284 e. The molecule has 6 heteroatoms. The maximum Gasteiger partial charge on any atom is 0.132 e. The summed E-state index contributed by atoms with van der Waals surface area (Å²) in [4.78, 5) is 9.08. The lowest BCUT2D eigenvalue weighted by Gasteiger charge is -2.37. The van der Waals surface area contributed by atoms with Crippen LogP contribution in [0.15, 0.2) is 64.2 Å². The minimum absolute atomic E-state index is 0.0530. The zero-order valence-corrected chi connectivity index (χ0v) is 15.3. The molecule has 26 heavy (non-hydrogen) atoms. The molecule has 4 nitrogen and oxygen atoms in total. The van der Waals surface area contributed by atoms with Crippen molar-refractivity contribution in [1.29, 1.82) is 0 Å². The second-order valence-corrected chi connectivity index (χ2v) is 6.91. The Balaban J connectivity index is 1.95. The SMILES string of the molecule is CN(C)N1C=NC=C2CN=C(c3ccccc3F)c3cc(Cl)ccc3C21. The van der Waals surface area contributed by atoms with Crippen LogP contribution in [0.5, 0.6) is 0 Å². The first-order valence-electron chi connectivity index (χ1n) is 8.33.